The van der Waals surface area contributed by atoms with Gasteiger partial charge in [0.05, 0.1) is 4.47 Å². The Morgan fingerprint density at radius 3 is 2.40 bits per heavy atom. The zero-order valence-electron chi connectivity index (χ0n) is 10.5. The number of hydrogen-bond donors (Lipinski definition) is 1. The van der Waals surface area contributed by atoms with E-state index < -0.39 is 10.9 Å². The van der Waals surface area contributed by atoms with Crippen LogP contribution in [0.3, 0.4) is 0 Å². The molecule has 2 aromatic rings. The van der Waals surface area contributed by atoms with Crippen LogP contribution in [0.15, 0.2) is 53.0 Å². The van der Waals surface area contributed by atoms with Crippen molar-refractivity contribution in [3.63, 3.8) is 0 Å². The summed E-state index contributed by atoms with van der Waals surface area (Å²) in [6.45, 7) is 0.401. The molecule has 0 radical (unpaired) electrons. The summed E-state index contributed by atoms with van der Waals surface area (Å²) in [6, 6.07) is 15.2. The highest BCUT2D eigenvalue weighted by Gasteiger charge is 2.21. The van der Waals surface area contributed by atoms with Gasteiger partial charge >= 0.3 is 0 Å². The van der Waals surface area contributed by atoms with E-state index >= 15 is 0 Å². The van der Waals surface area contributed by atoms with E-state index in [1.807, 2.05) is 36.4 Å². The van der Waals surface area contributed by atoms with Gasteiger partial charge in [-0.05, 0) is 27.6 Å². The van der Waals surface area contributed by atoms with Crippen molar-refractivity contribution in [1.29, 1.82) is 0 Å². The maximum absolute atomic E-state index is 10.0. The molecule has 1 N–H and O–H groups in total. The molecule has 0 amide bonds. The van der Waals surface area contributed by atoms with Crippen molar-refractivity contribution < 1.29 is 9.84 Å². The molecule has 1 atom stereocenters. The molecule has 0 aliphatic rings. The number of benzene rings is 2. The van der Waals surface area contributed by atoms with Crippen molar-refractivity contribution in [3.05, 3.63) is 64.1 Å². The Labute approximate surface area is 136 Å². The van der Waals surface area contributed by atoms with Crippen LogP contribution in [-0.2, 0) is 6.61 Å². The average Bonchev–Trinajstić information content (AvgIpc) is 2.46. The molecular formula is C15H13BrCl2O2. The average molecular weight is 376 g/mol. The Hall–Kier alpha value is -0.740. The van der Waals surface area contributed by atoms with Gasteiger partial charge in [-0.1, -0.05) is 42.5 Å². The number of hydrogen-bond acceptors (Lipinski definition) is 2. The van der Waals surface area contributed by atoms with Crippen molar-refractivity contribution in [2.45, 2.75) is 17.5 Å². The van der Waals surface area contributed by atoms with Gasteiger partial charge in [0.25, 0.3) is 0 Å². The molecule has 0 aliphatic heterocycles. The van der Waals surface area contributed by atoms with Crippen molar-refractivity contribution >= 4 is 39.1 Å². The normalized spacial score (nSPS) is 12.4. The Morgan fingerprint density at radius 2 is 1.75 bits per heavy atom. The van der Waals surface area contributed by atoms with Gasteiger partial charge in [0.2, 0.25) is 0 Å². The number of aliphatic hydroxyl groups is 1. The van der Waals surface area contributed by atoms with Gasteiger partial charge in [-0.2, -0.15) is 0 Å². The third-order valence-electron chi connectivity index (χ3n) is 2.78. The standard InChI is InChI=1S/C15H13BrCl2O2/c16-12-8-4-7-11(13(19)15(17)18)14(12)20-9-10-5-2-1-3-6-10/h1-8,13,15,19H,9H2. The van der Waals surface area contributed by atoms with Crippen LogP contribution in [0.4, 0.5) is 0 Å². The Kier molecular flexibility index (Phi) is 5.73. The van der Waals surface area contributed by atoms with Crippen molar-refractivity contribution in [2.75, 3.05) is 0 Å². The summed E-state index contributed by atoms with van der Waals surface area (Å²) in [6.07, 6.45) is -0.999. The van der Waals surface area contributed by atoms with E-state index in [9.17, 15) is 5.11 Å². The molecule has 5 heteroatoms. The first-order valence-corrected chi connectivity index (χ1v) is 7.67. The quantitative estimate of drug-likeness (QED) is 0.755. The zero-order chi connectivity index (χ0) is 14.5. The van der Waals surface area contributed by atoms with Gasteiger partial charge in [-0.3, -0.25) is 0 Å². The molecule has 2 nitrogen and oxygen atoms in total. The zero-order valence-corrected chi connectivity index (χ0v) is 13.6. The lowest BCUT2D eigenvalue weighted by molar-refractivity contribution is 0.184. The third kappa shape index (κ3) is 3.89. The van der Waals surface area contributed by atoms with Gasteiger partial charge < -0.3 is 9.84 Å². The Morgan fingerprint density at radius 1 is 1.05 bits per heavy atom. The lowest BCUT2D eigenvalue weighted by Crippen LogP contribution is -2.09. The minimum Gasteiger partial charge on any atom is -0.487 e. The second-order valence-electron chi connectivity index (χ2n) is 4.21. The van der Waals surface area contributed by atoms with E-state index in [0.717, 1.165) is 10.0 Å². The summed E-state index contributed by atoms with van der Waals surface area (Å²) in [5, 5.41) is 10.0. The maximum Gasteiger partial charge on any atom is 0.139 e. The molecule has 1 unspecified atom stereocenters. The van der Waals surface area contributed by atoms with E-state index in [4.69, 9.17) is 27.9 Å². The fourth-order valence-corrected chi connectivity index (χ4v) is 2.54. The summed E-state index contributed by atoms with van der Waals surface area (Å²) < 4.78 is 6.55. The number of alkyl halides is 2. The van der Waals surface area contributed by atoms with E-state index in [-0.39, 0.29) is 0 Å². The fraction of sp³-hybridized carbons (Fsp3) is 0.200. The van der Waals surface area contributed by atoms with Crippen LogP contribution in [0.25, 0.3) is 0 Å². The molecule has 0 bridgehead atoms. The summed E-state index contributed by atoms with van der Waals surface area (Å²) in [5.74, 6) is 0.551. The van der Waals surface area contributed by atoms with Crippen LogP contribution in [0.1, 0.15) is 17.2 Å². The van der Waals surface area contributed by atoms with E-state index in [0.29, 0.717) is 17.9 Å². The lowest BCUT2D eigenvalue weighted by atomic mass is 10.1. The number of halogens is 3. The molecule has 0 saturated heterocycles. The van der Waals surface area contributed by atoms with Gasteiger partial charge in [0.1, 0.15) is 23.3 Å². The molecule has 0 spiro atoms. The Bertz CT molecular complexity index is 561. The SMILES string of the molecule is OC(c1cccc(Br)c1OCc1ccccc1)C(Cl)Cl. The minimum absolute atomic E-state index is 0.401. The van der Waals surface area contributed by atoms with Gasteiger partial charge in [-0.25, -0.2) is 0 Å². The van der Waals surface area contributed by atoms with Gasteiger partial charge in [0, 0.05) is 5.56 Å². The molecular weight excluding hydrogens is 363 g/mol. The van der Waals surface area contributed by atoms with E-state index in [1.165, 1.54) is 0 Å². The third-order valence-corrected chi connectivity index (χ3v) is 3.88. The first-order valence-electron chi connectivity index (χ1n) is 6.01. The predicted octanol–water partition coefficient (Wildman–Crippen LogP) is 4.87. The number of para-hydroxylation sites is 1. The molecule has 0 fully saturated rings. The topological polar surface area (TPSA) is 29.5 Å². The van der Waals surface area contributed by atoms with E-state index in [1.54, 1.807) is 12.1 Å². The summed E-state index contributed by atoms with van der Waals surface area (Å²) in [7, 11) is 0. The molecule has 0 saturated carbocycles. The fourth-order valence-electron chi connectivity index (χ4n) is 1.78. The highest BCUT2D eigenvalue weighted by atomic mass is 79.9. The predicted molar refractivity (Wildman–Crippen MR) is 85.4 cm³/mol. The van der Waals surface area contributed by atoms with Crippen molar-refractivity contribution in [3.8, 4) is 5.75 Å². The minimum atomic E-state index is -0.999. The first-order chi connectivity index (χ1) is 9.59. The van der Waals surface area contributed by atoms with Crippen molar-refractivity contribution in [1.82, 2.24) is 0 Å². The summed E-state index contributed by atoms with van der Waals surface area (Å²) in [5.41, 5.74) is 1.60. The van der Waals surface area contributed by atoms with Gasteiger partial charge in [0.15, 0.2) is 0 Å². The van der Waals surface area contributed by atoms with Crippen LogP contribution in [0.2, 0.25) is 0 Å². The molecule has 2 aromatic carbocycles. The first kappa shape index (κ1) is 15.6. The highest BCUT2D eigenvalue weighted by Crippen LogP contribution is 2.36. The smallest absolute Gasteiger partial charge is 0.139 e. The largest absolute Gasteiger partial charge is 0.487 e. The number of aliphatic hydroxyl groups excluding tert-OH is 1. The van der Waals surface area contributed by atoms with Crippen LogP contribution >= 0.6 is 39.1 Å². The van der Waals surface area contributed by atoms with Crippen LogP contribution in [0, 0.1) is 0 Å². The molecule has 0 aromatic heterocycles. The molecule has 2 rings (SSSR count). The van der Waals surface area contributed by atoms with Crippen LogP contribution in [-0.4, -0.2) is 9.94 Å². The number of rotatable bonds is 5. The molecule has 106 valence electrons. The lowest BCUT2D eigenvalue weighted by Gasteiger charge is -2.18. The summed E-state index contributed by atoms with van der Waals surface area (Å²) in [4.78, 5) is -0.914. The van der Waals surface area contributed by atoms with Crippen molar-refractivity contribution in [2.24, 2.45) is 0 Å². The highest BCUT2D eigenvalue weighted by molar-refractivity contribution is 9.10. The molecule has 0 heterocycles. The van der Waals surface area contributed by atoms with Gasteiger partial charge in [-0.15, -0.1) is 23.2 Å². The maximum atomic E-state index is 10.0. The Balaban J connectivity index is 2.22. The summed E-state index contributed by atoms with van der Waals surface area (Å²) >= 11 is 14.9. The molecule has 20 heavy (non-hydrogen) atoms. The number of ether oxygens (including phenoxy) is 1. The monoisotopic (exact) mass is 374 g/mol. The van der Waals surface area contributed by atoms with Crippen LogP contribution in [0.5, 0.6) is 5.75 Å². The molecule has 0 aliphatic carbocycles. The second kappa shape index (κ2) is 7.32. The van der Waals surface area contributed by atoms with Crippen LogP contribution < -0.4 is 4.74 Å². The van der Waals surface area contributed by atoms with E-state index in [2.05, 4.69) is 15.9 Å². The second-order valence-corrected chi connectivity index (χ2v) is 6.23.